The number of methoxy groups -OCH3 is 1. The zero-order chi connectivity index (χ0) is 13.1. The molecule has 3 N–H and O–H groups in total. The summed E-state index contributed by atoms with van der Waals surface area (Å²) < 4.78 is 5.25. The highest BCUT2D eigenvalue weighted by molar-refractivity contribution is 5.73. The Bertz CT molecular complexity index is 405. The monoisotopic (exact) mass is 248 g/mol. The molecule has 1 saturated carbocycles. The van der Waals surface area contributed by atoms with Crippen molar-refractivity contribution in [3.05, 3.63) is 18.2 Å². The van der Waals surface area contributed by atoms with Gasteiger partial charge in [0.2, 0.25) is 0 Å². The van der Waals surface area contributed by atoms with E-state index < -0.39 is 0 Å². The molecule has 0 saturated heterocycles. The maximum absolute atomic E-state index is 6.10. The number of ether oxygens (including phenoxy) is 1. The lowest BCUT2D eigenvalue weighted by Gasteiger charge is -2.23. The van der Waals surface area contributed by atoms with E-state index >= 15 is 0 Å². The van der Waals surface area contributed by atoms with E-state index in [0.29, 0.717) is 17.6 Å². The fourth-order valence-corrected chi connectivity index (χ4v) is 3.08. The Morgan fingerprint density at radius 1 is 1.39 bits per heavy atom. The highest BCUT2D eigenvalue weighted by Crippen LogP contribution is 2.37. The lowest BCUT2D eigenvalue weighted by molar-refractivity contribution is 0.391. The first-order chi connectivity index (χ1) is 8.67. The Labute approximate surface area is 110 Å². The van der Waals surface area contributed by atoms with E-state index in [1.54, 1.807) is 7.11 Å². The summed E-state index contributed by atoms with van der Waals surface area (Å²) in [5, 5.41) is 3.59. The molecular formula is C15H24N2O. The number of para-hydroxylation sites is 1. The van der Waals surface area contributed by atoms with Gasteiger partial charge in [-0.3, -0.25) is 0 Å². The van der Waals surface area contributed by atoms with Gasteiger partial charge in [-0.05, 0) is 36.8 Å². The first-order valence-corrected chi connectivity index (χ1v) is 6.86. The number of nitrogens with one attached hydrogen (secondary N) is 1. The lowest BCUT2D eigenvalue weighted by atomic mass is 9.93. The van der Waals surface area contributed by atoms with E-state index in [9.17, 15) is 0 Å². The molecule has 0 amide bonds. The van der Waals surface area contributed by atoms with Crippen molar-refractivity contribution >= 4 is 11.4 Å². The molecule has 1 aliphatic rings. The third kappa shape index (κ3) is 2.40. The Balaban J connectivity index is 2.11. The van der Waals surface area contributed by atoms with E-state index in [1.165, 1.54) is 19.3 Å². The fraction of sp³-hybridized carbons (Fsp3) is 0.600. The number of nitrogens with two attached hydrogens (primary N) is 1. The van der Waals surface area contributed by atoms with Crippen LogP contribution in [0.3, 0.4) is 0 Å². The molecule has 18 heavy (non-hydrogen) atoms. The van der Waals surface area contributed by atoms with Crippen LogP contribution in [-0.2, 0) is 0 Å². The molecule has 1 aliphatic carbocycles. The first kappa shape index (κ1) is 13.1. The second-order valence-corrected chi connectivity index (χ2v) is 5.28. The number of benzene rings is 1. The summed E-state index contributed by atoms with van der Waals surface area (Å²) in [5.41, 5.74) is 7.81. The molecule has 3 unspecified atom stereocenters. The second-order valence-electron chi connectivity index (χ2n) is 5.28. The normalized spacial score (nSPS) is 27.2. The van der Waals surface area contributed by atoms with Gasteiger partial charge in [0.25, 0.3) is 0 Å². The van der Waals surface area contributed by atoms with Crippen molar-refractivity contribution in [3.63, 3.8) is 0 Å². The second kappa shape index (κ2) is 5.51. The maximum Gasteiger partial charge on any atom is 0.143 e. The number of rotatable bonds is 4. The molecule has 100 valence electrons. The van der Waals surface area contributed by atoms with E-state index in [-0.39, 0.29) is 0 Å². The molecule has 2 rings (SSSR count). The van der Waals surface area contributed by atoms with Gasteiger partial charge in [0, 0.05) is 6.04 Å². The van der Waals surface area contributed by atoms with Crippen molar-refractivity contribution < 1.29 is 4.74 Å². The molecule has 3 nitrogen and oxygen atoms in total. The molecular weight excluding hydrogens is 224 g/mol. The minimum atomic E-state index is 0.532. The van der Waals surface area contributed by atoms with Gasteiger partial charge in [-0.2, -0.15) is 0 Å². The first-order valence-electron chi connectivity index (χ1n) is 6.86. The summed E-state index contributed by atoms with van der Waals surface area (Å²) in [4.78, 5) is 0. The van der Waals surface area contributed by atoms with Gasteiger partial charge >= 0.3 is 0 Å². The molecule has 0 heterocycles. The zero-order valence-electron chi connectivity index (χ0n) is 11.6. The topological polar surface area (TPSA) is 47.3 Å². The summed E-state index contributed by atoms with van der Waals surface area (Å²) in [6, 6.07) is 6.44. The number of nitrogen functional groups attached to an aromatic ring is 1. The third-order valence-electron chi connectivity index (χ3n) is 4.38. The minimum absolute atomic E-state index is 0.532. The summed E-state index contributed by atoms with van der Waals surface area (Å²) in [6.45, 7) is 4.62. The Morgan fingerprint density at radius 2 is 2.17 bits per heavy atom. The predicted molar refractivity (Wildman–Crippen MR) is 77.0 cm³/mol. The zero-order valence-corrected chi connectivity index (χ0v) is 11.6. The van der Waals surface area contributed by atoms with Crippen LogP contribution in [0.5, 0.6) is 5.75 Å². The summed E-state index contributed by atoms with van der Waals surface area (Å²) in [5.74, 6) is 2.30. The summed E-state index contributed by atoms with van der Waals surface area (Å²) >= 11 is 0. The molecule has 0 radical (unpaired) electrons. The predicted octanol–water partition coefficient (Wildman–Crippen LogP) is 3.51. The van der Waals surface area contributed by atoms with Gasteiger partial charge in [0.1, 0.15) is 5.75 Å². The molecule has 1 fully saturated rings. The highest BCUT2D eigenvalue weighted by Gasteiger charge is 2.31. The van der Waals surface area contributed by atoms with Crippen LogP contribution >= 0.6 is 0 Å². The molecule has 3 heteroatoms. The SMILES string of the molecule is CCC1CCC(Nc2cccc(OC)c2N)C1C. The van der Waals surface area contributed by atoms with E-state index in [2.05, 4.69) is 19.2 Å². The van der Waals surface area contributed by atoms with Crippen LogP contribution in [0, 0.1) is 11.8 Å². The van der Waals surface area contributed by atoms with Crippen molar-refractivity contribution in [2.24, 2.45) is 11.8 Å². The molecule has 0 spiro atoms. The van der Waals surface area contributed by atoms with E-state index in [1.807, 2.05) is 18.2 Å². The van der Waals surface area contributed by atoms with Gasteiger partial charge < -0.3 is 15.8 Å². The van der Waals surface area contributed by atoms with Crippen molar-refractivity contribution in [2.75, 3.05) is 18.2 Å². The average molecular weight is 248 g/mol. The number of hydrogen-bond acceptors (Lipinski definition) is 3. The van der Waals surface area contributed by atoms with Crippen LogP contribution in [0.4, 0.5) is 11.4 Å². The fourth-order valence-electron chi connectivity index (χ4n) is 3.08. The molecule has 0 aromatic heterocycles. The summed E-state index contributed by atoms with van der Waals surface area (Å²) in [6.07, 6.45) is 3.82. The van der Waals surface area contributed by atoms with Crippen LogP contribution in [0.2, 0.25) is 0 Å². The van der Waals surface area contributed by atoms with Crippen molar-refractivity contribution in [1.29, 1.82) is 0 Å². The largest absolute Gasteiger partial charge is 0.495 e. The Kier molecular flexibility index (Phi) is 4.00. The molecule has 0 aliphatic heterocycles. The van der Waals surface area contributed by atoms with E-state index in [4.69, 9.17) is 10.5 Å². The van der Waals surface area contributed by atoms with Gasteiger partial charge in [-0.1, -0.05) is 26.3 Å². The standard InChI is InChI=1S/C15H24N2O/c1-4-11-8-9-12(10(11)2)17-13-6-5-7-14(18-3)15(13)16/h5-7,10-12,17H,4,8-9,16H2,1-3H3. The van der Waals surface area contributed by atoms with Crippen LogP contribution in [0.15, 0.2) is 18.2 Å². The third-order valence-corrected chi connectivity index (χ3v) is 4.38. The number of hydrogen-bond donors (Lipinski definition) is 2. The van der Waals surface area contributed by atoms with Gasteiger partial charge in [0.15, 0.2) is 0 Å². The minimum Gasteiger partial charge on any atom is -0.495 e. The van der Waals surface area contributed by atoms with Crippen molar-refractivity contribution in [1.82, 2.24) is 0 Å². The van der Waals surface area contributed by atoms with Gasteiger partial charge in [-0.25, -0.2) is 0 Å². The average Bonchev–Trinajstić information content (AvgIpc) is 2.73. The smallest absolute Gasteiger partial charge is 0.143 e. The molecule has 0 bridgehead atoms. The van der Waals surface area contributed by atoms with Crippen LogP contribution in [0.25, 0.3) is 0 Å². The van der Waals surface area contributed by atoms with Crippen LogP contribution < -0.4 is 15.8 Å². The quantitative estimate of drug-likeness (QED) is 0.801. The Morgan fingerprint density at radius 3 is 2.78 bits per heavy atom. The number of anilines is 2. The van der Waals surface area contributed by atoms with Crippen molar-refractivity contribution in [3.8, 4) is 5.75 Å². The molecule has 1 aromatic carbocycles. The Hall–Kier alpha value is -1.38. The summed E-state index contributed by atoms with van der Waals surface area (Å²) in [7, 11) is 1.65. The van der Waals surface area contributed by atoms with Crippen LogP contribution in [-0.4, -0.2) is 13.2 Å². The molecule has 1 aromatic rings. The van der Waals surface area contributed by atoms with Crippen molar-refractivity contribution in [2.45, 2.75) is 39.2 Å². The lowest BCUT2D eigenvalue weighted by Crippen LogP contribution is -2.25. The highest BCUT2D eigenvalue weighted by atomic mass is 16.5. The maximum atomic E-state index is 6.10. The molecule has 3 atom stereocenters. The van der Waals surface area contributed by atoms with Crippen LogP contribution in [0.1, 0.15) is 33.1 Å². The van der Waals surface area contributed by atoms with Gasteiger partial charge in [0.05, 0.1) is 18.5 Å². The van der Waals surface area contributed by atoms with E-state index in [0.717, 1.165) is 17.4 Å². The van der Waals surface area contributed by atoms with Gasteiger partial charge in [-0.15, -0.1) is 0 Å².